The van der Waals surface area contributed by atoms with Crippen molar-refractivity contribution in [3.8, 4) is 0 Å². The highest BCUT2D eigenvalue weighted by Gasteiger charge is 2.34. The van der Waals surface area contributed by atoms with E-state index in [1.54, 1.807) is 11.8 Å². The van der Waals surface area contributed by atoms with Crippen molar-refractivity contribution in [3.63, 3.8) is 0 Å². The Bertz CT molecular complexity index is 655. The minimum absolute atomic E-state index is 0.249. The first-order valence-electron chi connectivity index (χ1n) is 10.7. The van der Waals surface area contributed by atoms with Crippen LogP contribution < -0.4 is 4.90 Å². The SMILES string of the molecule is CC1CCN(c2nnc(SCC(=O)N3C(C)CCCC3C)n2C2CC2)CC1. The summed E-state index contributed by atoms with van der Waals surface area (Å²) < 4.78 is 2.32. The smallest absolute Gasteiger partial charge is 0.233 e. The van der Waals surface area contributed by atoms with Gasteiger partial charge in [0.15, 0.2) is 5.16 Å². The third-order valence-corrected chi connectivity index (χ3v) is 7.36. The fraction of sp³-hybridized carbons (Fsp3) is 0.850. The van der Waals surface area contributed by atoms with Gasteiger partial charge in [0.2, 0.25) is 11.9 Å². The number of hydrogen-bond acceptors (Lipinski definition) is 5. The molecule has 1 aliphatic carbocycles. The lowest BCUT2D eigenvalue weighted by atomic mass is 9.98. The molecule has 3 fully saturated rings. The number of hydrogen-bond donors (Lipinski definition) is 0. The first-order valence-corrected chi connectivity index (χ1v) is 11.7. The highest BCUT2D eigenvalue weighted by atomic mass is 32.2. The van der Waals surface area contributed by atoms with Crippen molar-refractivity contribution in [2.75, 3.05) is 23.7 Å². The number of amides is 1. The predicted molar refractivity (Wildman–Crippen MR) is 109 cm³/mol. The van der Waals surface area contributed by atoms with Gasteiger partial charge in [-0.1, -0.05) is 18.7 Å². The Hall–Kier alpha value is -1.24. The number of carbonyl (C=O) groups is 1. The largest absolute Gasteiger partial charge is 0.341 e. The van der Waals surface area contributed by atoms with Gasteiger partial charge < -0.3 is 9.80 Å². The van der Waals surface area contributed by atoms with Crippen LogP contribution in [0.1, 0.15) is 71.8 Å². The molecule has 2 unspecified atom stereocenters. The molecule has 0 aromatic carbocycles. The van der Waals surface area contributed by atoms with E-state index in [0.29, 0.717) is 23.9 Å². The maximum Gasteiger partial charge on any atom is 0.233 e. The number of rotatable bonds is 5. The summed E-state index contributed by atoms with van der Waals surface area (Å²) in [5, 5.41) is 9.96. The average Bonchev–Trinajstić information content (AvgIpc) is 3.40. The predicted octanol–water partition coefficient (Wildman–Crippen LogP) is 3.73. The van der Waals surface area contributed by atoms with Crippen LogP contribution in [0.2, 0.25) is 0 Å². The minimum atomic E-state index is 0.249. The average molecular weight is 392 g/mol. The molecule has 2 saturated heterocycles. The van der Waals surface area contributed by atoms with Crippen molar-refractivity contribution < 1.29 is 4.79 Å². The number of thioether (sulfide) groups is 1. The number of aromatic nitrogens is 3. The van der Waals surface area contributed by atoms with Gasteiger partial charge in [-0.15, -0.1) is 10.2 Å². The molecule has 1 aromatic rings. The lowest BCUT2D eigenvalue weighted by Gasteiger charge is -2.39. The van der Waals surface area contributed by atoms with Crippen molar-refractivity contribution in [2.24, 2.45) is 5.92 Å². The van der Waals surface area contributed by atoms with Crippen LogP contribution in [0.15, 0.2) is 5.16 Å². The molecule has 0 N–H and O–H groups in total. The van der Waals surface area contributed by atoms with E-state index in [1.807, 2.05) is 0 Å². The molecule has 2 aliphatic heterocycles. The highest BCUT2D eigenvalue weighted by molar-refractivity contribution is 7.99. The topological polar surface area (TPSA) is 54.3 Å². The summed E-state index contributed by atoms with van der Waals surface area (Å²) in [6.45, 7) is 8.83. The third-order valence-electron chi connectivity index (χ3n) is 6.43. The Morgan fingerprint density at radius 3 is 2.30 bits per heavy atom. The Labute approximate surface area is 167 Å². The van der Waals surface area contributed by atoms with Crippen LogP contribution in [0.3, 0.4) is 0 Å². The van der Waals surface area contributed by atoms with Gasteiger partial charge in [0.25, 0.3) is 0 Å². The quantitative estimate of drug-likeness (QED) is 0.716. The van der Waals surface area contributed by atoms with Crippen LogP contribution >= 0.6 is 11.8 Å². The molecule has 0 bridgehead atoms. The van der Waals surface area contributed by atoms with Crippen molar-refractivity contribution in [3.05, 3.63) is 0 Å². The van der Waals surface area contributed by atoms with E-state index < -0.39 is 0 Å². The molecule has 0 radical (unpaired) electrons. The Morgan fingerprint density at radius 1 is 1.00 bits per heavy atom. The number of likely N-dealkylation sites (tertiary alicyclic amines) is 1. The summed E-state index contributed by atoms with van der Waals surface area (Å²) in [5.41, 5.74) is 0. The molecular formula is C20H33N5OS. The Morgan fingerprint density at radius 2 is 1.67 bits per heavy atom. The lowest BCUT2D eigenvalue weighted by molar-refractivity contribution is -0.134. The summed E-state index contributed by atoms with van der Waals surface area (Å²) in [6.07, 6.45) is 8.33. The maximum atomic E-state index is 12.9. The molecule has 150 valence electrons. The molecule has 4 rings (SSSR count). The van der Waals surface area contributed by atoms with Gasteiger partial charge in [-0.3, -0.25) is 9.36 Å². The highest BCUT2D eigenvalue weighted by Crippen LogP contribution is 2.41. The van der Waals surface area contributed by atoms with Gasteiger partial charge in [0.1, 0.15) is 0 Å². The molecule has 1 aromatic heterocycles. The van der Waals surface area contributed by atoms with E-state index in [0.717, 1.165) is 43.0 Å². The van der Waals surface area contributed by atoms with Gasteiger partial charge in [0, 0.05) is 31.2 Å². The van der Waals surface area contributed by atoms with E-state index in [9.17, 15) is 4.79 Å². The lowest BCUT2D eigenvalue weighted by Crippen LogP contribution is -2.48. The van der Waals surface area contributed by atoms with Crippen LogP contribution in [0.25, 0.3) is 0 Å². The first kappa shape index (κ1) is 19.1. The van der Waals surface area contributed by atoms with E-state index in [1.165, 1.54) is 32.1 Å². The second-order valence-electron chi connectivity index (χ2n) is 8.77. The molecular weight excluding hydrogens is 358 g/mol. The number of piperidine rings is 2. The van der Waals surface area contributed by atoms with Gasteiger partial charge in [0.05, 0.1) is 5.75 Å². The number of anilines is 1. The molecule has 2 atom stereocenters. The van der Waals surface area contributed by atoms with Crippen molar-refractivity contribution in [1.82, 2.24) is 19.7 Å². The molecule has 1 amide bonds. The van der Waals surface area contributed by atoms with Gasteiger partial charge in [-0.05, 0) is 64.7 Å². The van der Waals surface area contributed by atoms with E-state index in [-0.39, 0.29) is 5.91 Å². The van der Waals surface area contributed by atoms with Crippen LogP contribution in [-0.4, -0.2) is 56.5 Å². The first-order chi connectivity index (χ1) is 13.0. The normalized spacial score (nSPS) is 27.2. The van der Waals surface area contributed by atoms with E-state index in [4.69, 9.17) is 0 Å². The molecule has 3 aliphatic rings. The van der Waals surface area contributed by atoms with Crippen LogP contribution in [0.4, 0.5) is 5.95 Å². The second-order valence-corrected chi connectivity index (χ2v) is 9.71. The standard InChI is InChI=1S/C20H33N5OS/c1-14-9-11-23(12-10-14)19-21-22-20(25(19)17-7-8-17)27-13-18(26)24-15(2)5-4-6-16(24)3/h14-17H,4-13H2,1-3H3. The van der Waals surface area contributed by atoms with Gasteiger partial charge in [-0.2, -0.15) is 0 Å². The second kappa shape index (κ2) is 8.02. The van der Waals surface area contributed by atoms with E-state index >= 15 is 0 Å². The zero-order chi connectivity index (χ0) is 19.0. The molecule has 3 heterocycles. The van der Waals surface area contributed by atoms with Gasteiger partial charge in [-0.25, -0.2) is 0 Å². The zero-order valence-electron chi connectivity index (χ0n) is 16.9. The third kappa shape index (κ3) is 4.13. The fourth-order valence-electron chi connectivity index (χ4n) is 4.56. The number of carbonyl (C=O) groups excluding carboxylic acids is 1. The zero-order valence-corrected chi connectivity index (χ0v) is 17.7. The monoisotopic (exact) mass is 391 g/mol. The molecule has 0 spiro atoms. The summed E-state index contributed by atoms with van der Waals surface area (Å²) >= 11 is 1.58. The Kier molecular flexibility index (Phi) is 5.67. The summed E-state index contributed by atoms with van der Waals surface area (Å²) in [7, 11) is 0. The van der Waals surface area contributed by atoms with Crippen molar-refractivity contribution in [1.29, 1.82) is 0 Å². The summed E-state index contributed by atoms with van der Waals surface area (Å²) in [4.78, 5) is 17.4. The fourth-order valence-corrected chi connectivity index (χ4v) is 5.43. The Balaban J connectivity index is 1.44. The molecule has 27 heavy (non-hydrogen) atoms. The molecule has 7 heteroatoms. The van der Waals surface area contributed by atoms with Crippen LogP contribution in [0, 0.1) is 5.92 Å². The summed E-state index contributed by atoms with van der Waals surface area (Å²) in [5.74, 6) is 2.55. The van der Waals surface area contributed by atoms with Crippen molar-refractivity contribution >= 4 is 23.6 Å². The van der Waals surface area contributed by atoms with Crippen LogP contribution in [-0.2, 0) is 4.79 Å². The van der Waals surface area contributed by atoms with E-state index in [2.05, 4.69) is 45.3 Å². The van der Waals surface area contributed by atoms with Crippen molar-refractivity contribution in [2.45, 2.75) is 89.0 Å². The summed E-state index contributed by atoms with van der Waals surface area (Å²) in [6, 6.07) is 1.24. The number of nitrogens with zero attached hydrogens (tertiary/aromatic N) is 5. The maximum absolute atomic E-state index is 12.9. The minimum Gasteiger partial charge on any atom is -0.341 e. The van der Waals surface area contributed by atoms with Gasteiger partial charge >= 0.3 is 0 Å². The molecule has 6 nitrogen and oxygen atoms in total. The molecule has 1 saturated carbocycles. The van der Waals surface area contributed by atoms with Crippen LogP contribution in [0.5, 0.6) is 0 Å².